The molecule has 1 saturated heterocycles. The average Bonchev–Trinajstić information content (AvgIpc) is 2.80. The van der Waals surface area contributed by atoms with E-state index in [-0.39, 0.29) is 15.0 Å². The largest absolute Gasteiger partial charge is 0.434 e. The molecule has 1 heterocycles. The zero-order valence-corrected chi connectivity index (χ0v) is 12.7. The molecule has 1 unspecified atom stereocenters. The molecule has 1 aliphatic rings. The minimum absolute atomic E-state index is 0.0133. The maximum Gasteiger partial charge on any atom is 0.434 e. The van der Waals surface area contributed by atoms with Crippen molar-refractivity contribution in [2.75, 3.05) is 0 Å². The first kappa shape index (κ1) is 16.8. The normalized spacial score (nSPS) is 23.5. The molecular formula is C13H15F3N2O3S. The molecule has 0 spiro atoms. The number of rotatable bonds is 2. The third-order valence-electron chi connectivity index (χ3n) is 3.33. The fourth-order valence-corrected chi connectivity index (χ4v) is 3.54. The van der Waals surface area contributed by atoms with Gasteiger partial charge in [0, 0.05) is 12.1 Å². The number of benzene rings is 1. The van der Waals surface area contributed by atoms with Crippen LogP contribution in [0.2, 0.25) is 0 Å². The maximum atomic E-state index is 13.3. The molecule has 0 radical (unpaired) electrons. The molecule has 0 aromatic heterocycles. The Hall–Kier alpha value is -1.58. The molecule has 0 bridgehead atoms. The van der Waals surface area contributed by atoms with E-state index in [0.717, 1.165) is 12.1 Å². The molecule has 122 valence electrons. The Morgan fingerprint density at radius 3 is 2.27 bits per heavy atom. The van der Waals surface area contributed by atoms with Gasteiger partial charge in [-0.1, -0.05) is 28.2 Å². The maximum absolute atomic E-state index is 13.3. The van der Waals surface area contributed by atoms with Crippen LogP contribution in [0.15, 0.2) is 46.5 Å². The Kier molecular flexibility index (Phi) is 4.01. The molecule has 1 atom stereocenters. The van der Waals surface area contributed by atoms with Crippen molar-refractivity contribution in [3.8, 4) is 0 Å². The highest BCUT2D eigenvalue weighted by Crippen LogP contribution is 2.44. The van der Waals surface area contributed by atoms with E-state index in [9.17, 15) is 26.7 Å². The smallest absolute Gasteiger partial charge is 0.365 e. The fraction of sp³-hybridized carbons (Fsp3) is 0.385. The van der Waals surface area contributed by atoms with E-state index in [1.54, 1.807) is 0 Å². The van der Waals surface area contributed by atoms with Gasteiger partial charge in [-0.15, -0.1) is 0 Å². The van der Waals surface area contributed by atoms with Gasteiger partial charge in [0.15, 0.2) is 0 Å². The zero-order chi connectivity index (χ0) is 16.8. The molecule has 22 heavy (non-hydrogen) atoms. The van der Waals surface area contributed by atoms with Gasteiger partial charge in [0.05, 0.1) is 4.90 Å². The van der Waals surface area contributed by atoms with Gasteiger partial charge in [0.1, 0.15) is 0 Å². The molecule has 1 aromatic rings. The van der Waals surface area contributed by atoms with Gasteiger partial charge in [-0.3, -0.25) is 0 Å². The third kappa shape index (κ3) is 2.59. The molecule has 1 aliphatic heterocycles. The van der Waals surface area contributed by atoms with Crippen LogP contribution in [-0.4, -0.2) is 29.8 Å². The lowest BCUT2D eigenvalue weighted by Gasteiger charge is -2.32. The summed E-state index contributed by atoms with van der Waals surface area (Å²) in [4.78, 5) is -0.347. The first-order chi connectivity index (χ1) is 10.00. The van der Waals surface area contributed by atoms with Gasteiger partial charge < -0.3 is 10.5 Å². The first-order valence-corrected chi connectivity index (χ1v) is 7.77. The van der Waals surface area contributed by atoms with Crippen molar-refractivity contribution in [2.24, 2.45) is 0 Å². The summed E-state index contributed by atoms with van der Waals surface area (Å²) >= 11 is 0. The Bertz CT molecular complexity index is 697. The minimum Gasteiger partial charge on any atom is -0.365 e. The fourth-order valence-electron chi connectivity index (χ4n) is 2.03. The van der Waals surface area contributed by atoms with Crippen LogP contribution >= 0.6 is 0 Å². The Balaban J connectivity index is 2.59. The summed E-state index contributed by atoms with van der Waals surface area (Å²) in [5.41, 5.74) is -0.887. The molecule has 0 saturated carbocycles. The average molecular weight is 336 g/mol. The monoisotopic (exact) mass is 336 g/mol. The summed E-state index contributed by atoms with van der Waals surface area (Å²) in [5, 5.41) is 10.0. The van der Waals surface area contributed by atoms with Crippen LogP contribution in [0.3, 0.4) is 0 Å². The molecule has 9 heteroatoms. The second kappa shape index (κ2) is 5.25. The van der Waals surface area contributed by atoms with E-state index in [2.05, 4.69) is 5.43 Å². The summed E-state index contributed by atoms with van der Waals surface area (Å²) in [6.07, 6.45) is -6.04. The molecule has 0 aliphatic carbocycles. The number of nitrogens with zero attached hydrogens (tertiary/aromatic N) is 1. The van der Waals surface area contributed by atoms with Crippen molar-refractivity contribution in [1.29, 1.82) is 0 Å². The lowest BCUT2D eigenvalue weighted by molar-refractivity contribution is -0.292. The number of hydrogen-bond donors (Lipinski definition) is 2. The van der Waals surface area contributed by atoms with Gasteiger partial charge in [-0.2, -0.15) is 13.2 Å². The van der Waals surface area contributed by atoms with E-state index in [1.807, 2.05) is 0 Å². The minimum atomic E-state index is -5.15. The van der Waals surface area contributed by atoms with E-state index in [1.165, 1.54) is 32.0 Å². The van der Waals surface area contributed by atoms with Crippen molar-refractivity contribution in [2.45, 2.75) is 37.1 Å². The van der Waals surface area contributed by atoms with Gasteiger partial charge >= 0.3 is 6.18 Å². The highest BCUT2D eigenvalue weighted by Gasteiger charge is 2.65. The Labute approximate surface area is 126 Å². The number of hydrazine groups is 1. The van der Waals surface area contributed by atoms with Gasteiger partial charge in [-0.05, 0) is 26.0 Å². The van der Waals surface area contributed by atoms with Crippen LogP contribution in [0, 0.1) is 0 Å². The molecular weight excluding hydrogens is 321 g/mol. The quantitative estimate of drug-likeness (QED) is 0.868. The van der Waals surface area contributed by atoms with Gasteiger partial charge in [0.2, 0.25) is 0 Å². The SMILES string of the molecule is CC(C)=C1CC(O)(C(F)(F)F)N(S(=O)(=O)c2ccccc2)N1. The number of allylic oxidation sites excluding steroid dienone is 1. The summed E-state index contributed by atoms with van der Waals surface area (Å²) in [7, 11) is -4.58. The number of halogens is 3. The first-order valence-electron chi connectivity index (χ1n) is 6.33. The molecule has 1 fully saturated rings. The lowest BCUT2D eigenvalue weighted by atomic mass is 10.1. The number of alkyl halides is 3. The second-order valence-corrected chi connectivity index (χ2v) is 6.95. The standard InChI is InChI=1S/C13H15F3N2O3S/c1-9(2)11-8-12(19,13(14,15)16)18(17-11)22(20,21)10-6-4-3-5-7-10/h3-7,17,19H,8H2,1-2H3. The van der Waals surface area contributed by atoms with Crippen molar-refractivity contribution in [3.63, 3.8) is 0 Å². The summed E-state index contributed by atoms with van der Waals surface area (Å²) in [6, 6.07) is 6.63. The Morgan fingerprint density at radius 2 is 1.82 bits per heavy atom. The van der Waals surface area contributed by atoms with Gasteiger partial charge in [0.25, 0.3) is 15.7 Å². The van der Waals surface area contributed by atoms with Crippen LogP contribution in [0.25, 0.3) is 0 Å². The van der Waals surface area contributed by atoms with E-state index >= 15 is 0 Å². The highest BCUT2D eigenvalue weighted by molar-refractivity contribution is 7.89. The van der Waals surface area contributed by atoms with Crippen LogP contribution in [0.4, 0.5) is 13.2 Å². The zero-order valence-electron chi connectivity index (χ0n) is 11.8. The van der Waals surface area contributed by atoms with Crippen molar-refractivity contribution < 1.29 is 26.7 Å². The molecule has 5 nitrogen and oxygen atoms in total. The van der Waals surface area contributed by atoms with Gasteiger partial charge in [-0.25, -0.2) is 8.42 Å². The topological polar surface area (TPSA) is 69.6 Å². The molecule has 2 N–H and O–H groups in total. The number of nitrogens with one attached hydrogen (secondary N) is 1. The molecule has 1 aromatic carbocycles. The molecule has 2 rings (SSSR count). The molecule has 0 amide bonds. The summed E-state index contributed by atoms with van der Waals surface area (Å²) in [6.45, 7) is 3.05. The predicted molar refractivity (Wildman–Crippen MR) is 72.6 cm³/mol. The lowest BCUT2D eigenvalue weighted by Crippen LogP contribution is -2.59. The summed E-state index contributed by atoms with van der Waals surface area (Å²) in [5.74, 6) is 0. The van der Waals surface area contributed by atoms with Crippen molar-refractivity contribution in [3.05, 3.63) is 41.6 Å². The number of aliphatic hydroxyl groups is 1. The van der Waals surface area contributed by atoms with Crippen molar-refractivity contribution in [1.82, 2.24) is 9.84 Å². The Morgan fingerprint density at radius 1 is 1.27 bits per heavy atom. The van der Waals surface area contributed by atoms with Crippen LogP contribution in [-0.2, 0) is 10.0 Å². The van der Waals surface area contributed by atoms with E-state index in [0.29, 0.717) is 5.57 Å². The van der Waals surface area contributed by atoms with E-state index in [4.69, 9.17) is 0 Å². The van der Waals surface area contributed by atoms with E-state index < -0.39 is 28.3 Å². The summed E-state index contributed by atoms with van der Waals surface area (Å²) < 4.78 is 64.6. The van der Waals surface area contributed by atoms with Crippen molar-refractivity contribution >= 4 is 10.0 Å². The number of sulfonamides is 1. The third-order valence-corrected chi connectivity index (χ3v) is 5.08. The predicted octanol–water partition coefficient (Wildman–Crippen LogP) is 2.13. The van der Waals surface area contributed by atoms with Crippen LogP contribution in [0.1, 0.15) is 20.3 Å². The second-order valence-electron chi connectivity index (χ2n) is 5.16. The highest BCUT2D eigenvalue weighted by atomic mass is 32.2. The van der Waals surface area contributed by atoms with Crippen LogP contribution < -0.4 is 5.43 Å². The number of hydrogen-bond acceptors (Lipinski definition) is 4. The van der Waals surface area contributed by atoms with Crippen LogP contribution in [0.5, 0.6) is 0 Å².